The van der Waals surface area contributed by atoms with Gasteiger partial charge >= 0.3 is 0 Å². The molecule has 0 aliphatic carbocycles. The number of rotatable bonds is 6. The van der Waals surface area contributed by atoms with Crippen molar-refractivity contribution in [2.75, 3.05) is 20.2 Å². The lowest BCUT2D eigenvalue weighted by Crippen LogP contribution is -2.29. The highest BCUT2D eigenvalue weighted by Crippen LogP contribution is 2.16. The van der Waals surface area contributed by atoms with Gasteiger partial charge in [-0.2, -0.15) is 0 Å². The van der Waals surface area contributed by atoms with Gasteiger partial charge in [0.15, 0.2) is 0 Å². The van der Waals surface area contributed by atoms with E-state index in [1.807, 2.05) is 6.92 Å². The minimum atomic E-state index is -0.585. The molecule has 4 nitrogen and oxygen atoms in total. The number of carbonyl (C=O) groups is 1. The van der Waals surface area contributed by atoms with Crippen LogP contribution in [0.4, 0.5) is 4.39 Å². The Bertz CT molecular complexity index is 410. The van der Waals surface area contributed by atoms with E-state index < -0.39 is 11.7 Å². The molecule has 0 aromatic heterocycles. The first kappa shape index (κ1) is 14.4. The molecule has 0 spiro atoms. The van der Waals surface area contributed by atoms with Crippen molar-refractivity contribution in [1.29, 1.82) is 0 Å². The number of hydrogen-bond acceptors (Lipinski definition) is 3. The van der Waals surface area contributed by atoms with Gasteiger partial charge in [0.2, 0.25) is 0 Å². The van der Waals surface area contributed by atoms with Crippen LogP contribution in [0.25, 0.3) is 0 Å². The summed E-state index contributed by atoms with van der Waals surface area (Å²) >= 11 is 0. The average molecular weight is 254 g/mol. The molecule has 0 heterocycles. The summed E-state index contributed by atoms with van der Waals surface area (Å²) in [6.45, 7) is 3.05. The van der Waals surface area contributed by atoms with Crippen molar-refractivity contribution in [3.63, 3.8) is 0 Å². The maximum atomic E-state index is 13.6. The smallest absolute Gasteiger partial charge is 0.254 e. The van der Waals surface area contributed by atoms with Crippen molar-refractivity contribution >= 4 is 5.91 Å². The minimum Gasteiger partial charge on any atom is -0.497 e. The van der Waals surface area contributed by atoms with Gasteiger partial charge in [0.1, 0.15) is 11.6 Å². The fourth-order valence-corrected chi connectivity index (χ4v) is 1.56. The largest absolute Gasteiger partial charge is 0.497 e. The third kappa shape index (κ3) is 4.00. The first-order valence-electron chi connectivity index (χ1n) is 5.90. The zero-order chi connectivity index (χ0) is 13.5. The molecule has 0 saturated carbocycles. The number of hydrogen-bond donors (Lipinski definition) is 2. The Kier molecular flexibility index (Phi) is 5.58. The Morgan fingerprint density at radius 2 is 2.28 bits per heavy atom. The normalized spacial score (nSPS) is 12.0. The number of amides is 1. The van der Waals surface area contributed by atoms with Crippen LogP contribution in [0.2, 0.25) is 0 Å². The summed E-state index contributed by atoms with van der Waals surface area (Å²) < 4.78 is 18.5. The highest BCUT2D eigenvalue weighted by atomic mass is 19.1. The van der Waals surface area contributed by atoms with E-state index in [1.165, 1.54) is 19.2 Å². The SMILES string of the molecule is COc1ccc(C(=O)NCC(C)CCN)c(F)c1. The molecule has 18 heavy (non-hydrogen) atoms. The van der Waals surface area contributed by atoms with Gasteiger partial charge in [0, 0.05) is 12.6 Å². The number of nitrogens with two attached hydrogens (primary N) is 1. The predicted molar refractivity (Wildman–Crippen MR) is 68.1 cm³/mol. The van der Waals surface area contributed by atoms with Crippen LogP contribution < -0.4 is 15.8 Å². The number of ether oxygens (including phenoxy) is 1. The quantitative estimate of drug-likeness (QED) is 0.809. The lowest BCUT2D eigenvalue weighted by molar-refractivity contribution is 0.0943. The molecule has 1 rings (SSSR count). The van der Waals surface area contributed by atoms with Crippen LogP contribution in [-0.2, 0) is 0 Å². The fraction of sp³-hybridized carbons (Fsp3) is 0.462. The van der Waals surface area contributed by atoms with Crippen molar-refractivity contribution in [2.45, 2.75) is 13.3 Å². The summed E-state index contributed by atoms with van der Waals surface area (Å²) in [7, 11) is 1.45. The van der Waals surface area contributed by atoms with E-state index in [1.54, 1.807) is 6.07 Å². The zero-order valence-electron chi connectivity index (χ0n) is 10.7. The molecule has 0 aliphatic heterocycles. The molecule has 100 valence electrons. The van der Waals surface area contributed by atoms with Gasteiger partial charge in [0.05, 0.1) is 12.7 Å². The second-order valence-corrected chi connectivity index (χ2v) is 4.24. The molecule has 0 radical (unpaired) electrons. The van der Waals surface area contributed by atoms with Gasteiger partial charge in [-0.05, 0) is 31.0 Å². The molecular weight excluding hydrogens is 235 g/mol. The molecule has 0 aliphatic rings. The van der Waals surface area contributed by atoms with Crippen molar-refractivity contribution in [1.82, 2.24) is 5.32 Å². The van der Waals surface area contributed by atoms with E-state index in [0.29, 0.717) is 18.8 Å². The number of methoxy groups -OCH3 is 1. The van der Waals surface area contributed by atoms with E-state index in [0.717, 1.165) is 6.42 Å². The molecule has 1 unspecified atom stereocenters. The molecule has 3 N–H and O–H groups in total. The number of halogens is 1. The predicted octanol–water partition coefficient (Wildman–Crippen LogP) is 1.55. The molecule has 0 saturated heterocycles. The fourth-order valence-electron chi connectivity index (χ4n) is 1.56. The van der Waals surface area contributed by atoms with Gasteiger partial charge in [-0.25, -0.2) is 4.39 Å². The Labute approximate surface area is 106 Å². The topological polar surface area (TPSA) is 64.3 Å². The minimum absolute atomic E-state index is 0.0238. The highest BCUT2D eigenvalue weighted by molar-refractivity contribution is 5.94. The molecule has 1 atom stereocenters. The van der Waals surface area contributed by atoms with Gasteiger partial charge in [0.25, 0.3) is 5.91 Å². The third-order valence-electron chi connectivity index (χ3n) is 2.69. The average Bonchev–Trinajstić information content (AvgIpc) is 2.36. The second-order valence-electron chi connectivity index (χ2n) is 4.24. The van der Waals surface area contributed by atoms with Crippen molar-refractivity contribution in [2.24, 2.45) is 11.7 Å². The summed E-state index contributed by atoms with van der Waals surface area (Å²) in [6, 6.07) is 4.16. The van der Waals surface area contributed by atoms with E-state index in [9.17, 15) is 9.18 Å². The molecule has 1 amide bonds. The monoisotopic (exact) mass is 254 g/mol. The van der Waals surface area contributed by atoms with Crippen molar-refractivity contribution < 1.29 is 13.9 Å². The lowest BCUT2D eigenvalue weighted by atomic mass is 10.1. The van der Waals surface area contributed by atoms with Crippen LogP contribution in [-0.4, -0.2) is 26.1 Å². The second kappa shape index (κ2) is 6.96. The van der Waals surface area contributed by atoms with E-state index >= 15 is 0 Å². The summed E-state index contributed by atoms with van der Waals surface area (Å²) in [5, 5.41) is 2.69. The molecule has 1 aromatic rings. The van der Waals surface area contributed by atoms with Gasteiger partial charge < -0.3 is 15.8 Å². The van der Waals surface area contributed by atoms with Crippen molar-refractivity contribution in [3.05, 3.63) is 29.6 Å². The van der Waals surface area contributed by atoms with E-state index in [4.69, 9.17) is 10.5 Å². The highest BCUT2D eigenvalue weighted by Gasteiger charge is 2.13. The molecule has 0 fully saturated rings. The van der Waals surface area contributed by atoms with Gasteiger partial charge in [-0.15, -0.1) is 0 Å². The molecular formula is C13H19FN2O2. The first-order valence-corrected chi connectivity index (χ1v) is 5.90. The van der Waals surface area contributed by atoms with E-state index in [2.05, 4.69) is 5.32 Å². The standard InChI is InChI=1S/C13H19FN2O2/c1-9(5-6-15)8-16-13(17)11-4-3-10(18-2)7-12(11)14/h3-4,7,9H,5-6,8,15H2,1-2H3,(H,16,17). The number of benzene rings is 1. The lowest BCUT2D eigenvalue weighted by Gasteiger charge is -2.12. The number of carbonyl (C=O) groups excluding carboxylic acids is 1. The Hall–Kier alpha value is -1.62. The van der Waals surface area contributed by atoms with Crippen LogP contribution in [0.5, 0.6) is 5.75 Å². The first-order chi connectivity index (χ1) is 8.58. The van der Waals surface area contributed by atoms with Crippen LogP contribution in [0.15, 0.2) is 18.2 Å². The van der Waals surface area contributed by atoms with Crippen molar-refractivity contribution in [3.8, 4) is 5.75 Å². The number of nitrogens with one attached hydrogen (secondary N) is 1. The zero-order valence-corrected chi connectivity index (χ0v) is 10.7. The molecule has 5 heteroatoms. The van der Waals surface area contributed by atoms with Gasteiger partial charge in [-0.3, -0.25) is 4.79 Å². The van der Waals surface area contributed by atoms with Crippen LogP contribution in [0.3, 0.4) is 0 Å². The summed E-state index contributed by atoms with van der Waals surface area (Å²) in [6.07, 6.45) is 0.825. The van der Waals surface area contributed by atoms with Gasteiger partial charge in [-0.1, -0.05) is 6.92 Å². The Balaban J connectivity index is 2.61. The Morgan fingerprint density at radius 1 is 1.56 bits per heavy atom. The summed E-state index contributed by atoms with van der Waals surface area (Å²) in [5.41, 5.74) is 5.44. The summed E-state index contributed by atoms with van der Waals surface area (Å²) in [4.78, 5) is 11.8. The molecule has 1 aromatic carbocycles. The maximum Gasteiger partial charge on any atom is 0.254 e. The molecule has 0 bridgehead atoms. The maximum absolute atomic E-state index is 13.6. The van der Waals surface area contributed by atoms with Crippen LogP contribution in [0.1, 0.15) is 23.7 Å². The Morgan fingerprint density at radius 3 is 2.83 bits per heavy atom. The third-order valence-corrected chi connectivity index (χ3v) is 2.69. The van der Waals surface area contributed by atoms with E-state index in [-0.39, 0.29) is 11.5 Å². The van der Waals surface area contributed by atoms with Crippen LogP contribution in [0, 0.1) is 11.7 Å². The summed E-state index contributed by atoms with van der Waals surface area (Å²) in [5.74, 6) is -0.335. The van der Waals surface area contributed by atoms with Crippen LogP contribution >= 0.6 is 0 Å².